The minimum Gasteiger partial charge on any atom is -0.480 e. The van der Waals surface area contributed by atoms with Gasteiger partial charge in [0.1, 0.15) is 4.75 Å². The van der Waals surface area contributed by atoms with Crippen LogP contribution in [0.4, 0.5) is 0 Å². The van der Waals surface area contributed by atoms with Crippen molar-refractivity contribution < 1.29 is 14.6 Å². The lowest BCUT2D eigenvalue weighted by atomic mass is 10.2. The fourth-order valence-electron chi connectivity index (χ4n) is 0.822. The van der Waals surface area contributed by atoms with Crippen molar-refractivity contribution in [1.29, 1.82) is 0 Å². The van der Waals surface area contributed by atoms with Crippen LogP contribution in [0, 0.1) is 0 Å². The van der Waals surface area contributed by atoms with Crippen molar-refractivity contribution in [3.8, 4) is 0 Å². The van der Waals surface area contributed by atoms with Gasteiger partial charge in [0.15, 0.2) is 0 Å². The van der Waals surface area contributed by atoms with Crippen molar-refractivity contribution in [1.82, 2.24) is 0 Å². The Balaban J connectivity index is 3.96. The Morgan fingerprint density at radius 2 is 2.17 bits per heavy atom. The van der Waals surface area contributed by atoms with E-state index in [-0.39, 0.29) is 5.25 Å². The molecular formula is C8H16O3S. The lowest BCUT2D eigenvalue weighted by Gasteiger charge is -2.22. The van der Waals surface area contributed by atoms with E-state index >= 15 is 0 Å². The number of ether oxygens (including phenoxy) is 1. The Morgan fingerprint density at radius 3 is 2.50 bits per heavy atom. The predicted octanol–water partition coefficient (Wildman–Crippen LogP) is 1.62. The lowest BCUT2D eigenvalue weighted by Crippen LogP contribution is -2.30. The molecule has 0 aliphatic carbocycles. The van der Waals surface area contributed by atoms with Crippen molar-refractivity contribution in [2.75, 3.05) is 13.7 Å². The van der Waals surface area contributed by atoms with E-state index < -0.39 is 10.7 Å². The molecule has 3 nitrogen and oxygen atoms in total. The SMILES string of the molecule is COCC(C)SC(C)(C)C(=O)O. The van der Waals surface area contributed by atoms with Gasteiger partial charge in [-0.15, -0.1) is 11.8 Å². The maximum Gasteiger partial charge on any atom is 0.319 e. The quantitative estimate of drug-likeness (QED) is 0.719. The molecule has 0 fully saturated rings. The minimum absolute atomic E-state index is 0.209. The Morgan fingerprint density at radius 1 is 1.67 bits per heavy atom. The molecule has 0 spiro atoms. The van der Waals surface area contributed by atoms with Crippen LogP contribution in [0.3, 0.4) is 0 Å². The van der Waals surface area contributed by atoms with Crippen molar-refractivity contribution in [2.45, 2.75) is 30.8 Å². The largest absolute Gasteiger partial charge is 0.480 e. The molecule has 0 rings (SSSR count). The topological polar surface area (TPSA) is 46.5 Å². The number of carboxylic acid groups (broad SMARTS) is 1. The Bertz CT molecular complexity index is 156. The Labute approximate surface area is 77.5 Å². The van der Waals surface area contributed by atoms with E-state index in [1.54, 1.807) is 21.0 Å². The highest BCUT2D eigenvalue weighted by Gasteiger charge is 2.29. The smallest absolute Gasteiger partial charge is 0.319 e. The third-order valence-electron chi connectivity index (χ3n) is 1.41. The van der Waals surface area contributed by atoms with Gasteiger partial charge in [0.25, 0.3) is 0 Å². The van der Waals surface area contributed by atoms with E-state index in [2.05, 4.69) is 0 Å². The van der Waals surface area contributed by atoms with E-state index in [4.69, 9.17) is 9.84 Å². The monoisotopic (exact) mass is 192 g/mol. The van der Waals surface area contributed by atoms with Gasteiger partial charge in [0.2, 0.25) is 0 Å². The molecule has 0 amide bonds. The van der Waals surface area contributed by atoms with Crippen molar-refractivity contribution in [3.05, 3.63) is 0 Å². The summed E-state index contributed by atoms with van der Waals surface area (Å²) < 4.78 is 4.19. The summed E-state index contributed by atoms with van der Waals surface area (Å²) in [6, 6.07) is 0. The predicted molar refractivity (Wildman–Crippen MR) is 50.6 cm³/mol. The van der Waals surface area contributed by atoms with Crippen LogP contribution in [0.2, 0.25) is 0 Å². The molecule has 1 unspecified atom stereocenters. The number of carboxylic acids is 1. The van der Waals surface area contributed by atoms with E-state index in [9.17, 15) is 4.79 Å². The molecule has 0 aliphatic rings. The van der Waals surface area contributed by atoms with Crippen LogP contribution in [0.15, 0.2) is 0 Å². The minimum atomic E-state index is -0.782. The number of rotatable bonds is 5. The molecule has 0 aliphatic heterocycles. The molecule has 0 bridgehead atoms. The first-order chi connectivity index (χ1) is 5.40. The summed E-state index contributed by atoms with van der Waals surface area (Å²) in [6.07, 6.45) is 0. The Kier molecular flexibility index (Phi) is 4.63. The van der Waals surface area contributed by atoms with Crippen LogP contribution in [-0.4, -0.2) is 34.8 Å². The number of aliphatic carboxylic acids is 1. The fourth-order valence-corrected chi connectivity index (χ4v) is 2.13. The van der Waals surface area contributed by atoms with Crippen molar-refractivity contribution >= 4 is 17.7 Å². The van der Waals surface area contributed by atoms with Gasteiger partial charge in [-0.3, -0.25) is 4.79 Å². The van der Waals surface area contributed by atoms with Gasteiger partial charge in [0, 0.05) is 12.4 Å². The van der Waals surface area contributed by atoms with Crippen LogP contribution < -0.4 is 0 Å². The molecule has 0 saturated heterocycles. The van der Waals surface area contributed by atoms with Crippen LogP contribution in [0.25, 0.3) is 0 Å². The molecule has 0 heterocycles. The van der Waals surface area contributed by atoms with Gasteiger partial charge in [-0.05, 0) is 13.8 Å². The van der Waals surface area contributed by atoms with Gasteiger partial charge < -0.3 is 9.84 Å². The average molecular weight is 192 g/mol. The molecule has 72 valence electrons. The van der Waals surface area contributed by atoms with Crippen LogP contribution in [-0.2, 0) is 9.53 Å². The molecule has 1 N–H and O–H groups in total. The van der Waals surface area contributed by atoms with Gasteiger partial charge in [-0.1, -0.05) is 6.92 Å². The molecule has 0 aromatic carbocycles. The maximum absolute atomic E-state index is 10.7. The highest BCUT2D eigenvalue weighted by atomic mass is 32.2. The highest BCUT2D eigenvalue weighted by Crippen LogP contribution is 2.28. The van der Waals surface area contributed by atoms with Gasteiger partial charge >= 0.3 is 5.97 Å². The molecule has 0 aromatic rings. The fraction of sp³-hybridized carbons (Fsp3) is 0.875. The zero-order chi connectivity index (χ0) is 9.78. The third kappa shape index (κ3) is 3.97. The van der Waals surface area contributed by atoms with E-state index in [1.165, 1.54) is 11.8 Å². The van der Waals surface area contributed by atoms with E-state index in [0.717, 1.165) is 0 Å². The van der Waals surface area contributed by atoms with Crippen LogP contribution in [0.1, 0.15) is 20.8 Å². The van der Waals surface area contributed by atoms with Crippen LogP contribution in [0.5, 0.6) is 0 Å². The molecule has 12 heavy (non-hydrogen) atoms. The van der Waals surface area contributed by atoms with Crippen molar-refractivity contribution in [3.63, 3.8) is 0 Å². The molecular weight excluding hydrogens is 176 g/mol. The molecule has 0 saturated carbocycles. The summed E-state index contributed by atoms with van der Waals surface area (Å²) in [5.41, 5.74) is 0. The number of thioether (sulfide) groups is 1. The first-order valence-corrected chi connectivity index (χ1v) is 4.68. The second-order valence-corrected chi connectivity index (χ2v) is 5.26. The first kappa shape index (κ1) is 11.8. The number of carbonyl (C=O) groups is 1. The summed E-state index contributed by atoms with van der Waals surface area (Å²) in [6.45, 7) is 5.94. The Hall–Kier alpha value is -0.220. The summed E-state index contributed by atoms with van der Waals surface area (Å²) in [5.74, 6) is -0.782. The normalized spacial score (nSPS) is 14.3. The second kappa shape index (κ2) is 4.72. The summed E-state index contributed by atoms with van der Waals surface area (Å²) in [7, 11) is 1.62. The van der Waals surface area contributed by atoms with E-state index in [0.29, 0.717) is 6.61 Å². The summed E-state index contributed by atoms with van der Waals surface area (Å²) in [4.78, 5) is 10.7. The zero-order valence-corrected chi connectivity index (χ0v) is 8.77. The van der Waals surface area contributed by atoms with Gasteiger partial charge in [-0.25, -0.2) is 0 Å². The first-order valence-electron chi connectivity index (χ1n) is 3.80. The zero-order valence-electron chi connectivity index (χ0n) is 7.96. The number of hydrogen-bond donors (Lipinski definition) is 1. The summed E-state index contributed by atoms with van der Waals surface area (Å²) in [5, 5.41) is 9.01. The lowest BCUT2D eigenvalue weighted by molar-refractivity contribution is -0.138. The third-order valence-corrected chi connectivity index (χ3v) is 2.71. The molecule has 0 aromatic heterocycles. The van der Waals surface area contributed by atoms with Crippen LogP contribution >= 0.6 is 11.8 Å². The number of methoxy groups -OCH3 is 1. The molecule has 0 radical (unpaired) electrons. The standard InChI is InChI=1S/C8H16O3S/c1-6(5-11-4)12-8(2,3)7(9)10/h6H,5H2,1-4H3,(H,9,10). The highest BCUT2D eigenvalue weighted by molar-refractivity contribution is 8.01. The van der Waals surface area contributed by atoms with Gasteiger partial charge in [0.05, 0.1) is 6.61 Å². The maximum atomic E-state index is 10.7. The van der Waals surface area contributed by atoms with Gasteiger partial charge in [-0.2, -0.15) is 0 Å². The van der Waals surface area contributed by atoms with Crippen molar-refractivity contribution in [2.24, 2.45) is 0 Å². The second-order valence-electron chi connectivity index (χ2n) is 3.20. The number of hydrogen-bond acceptors (Lipinski definition) is 3. The average Bonchev–Trinajstić information content (AvgIpc) is 1.85. The summed E-state index contributed by atoms with van der Waals surface area (Å²) >= 11 is 1.41. The van der Waals surface area contributed by atoms with E-state index in [1.807, 2.05) is 6.92 Å². The molecule has 1 atom stereocenters. The molecule has 4 heteroatoms.